The largest absolute Gasteiger partial charge is 0.381 e. The molecule has 1 fully saturated rings. The van der Waals surface area contributed by atoms with Gasteiger partial charge in [-0.15, -0.1) is 11.8 Å². The zero-order valence-corrected chi connectivity index (χ0v) is 15.2. The van der Waals surface area contributed by atoms with Gasteiger partial charge in [-0.25, -0.2) is 0 Å². The quantitative estimate of drug-likeness (QED) is 0.481. The van der Waals surface area contributed by atoms with Gasteiger partial charge in [-0.1, -0.05) is 38.8 Å². The van der Waals surface area contributed by atoms with E-state index >= 15 is 0 Å². The minimum absolute atomic E-state index is 0.750. The Kier molecular flexibility index (Phi) is 8.40. The first-order valence-electron chi connectivity index (χ1n) is 9.07. The maximum absolute atomic E-state index is 5.69. The van der Waals surface area contributed by atoms with Crippen LogP contribution in [0.2, 0.25) is 0 Å². The Morgan fingerprint density at radius 3 is 2.73 bits per heavy atom. The van der Waals surface area contributed by atoms with Crippen molar-refractivity contribution in [2.24, 2.45) is 5.92 Å². The van der Waals surface area contributed by atoms with E-state index in [-0.39, 0.29) is 0 Å². The van der Waals surface area contributed by atoms with Crippen LogP contribution in [0.1, 0.15) is 64.4 Å². The summed E-state index contributed by atoms with van der Waals surface area (Å²) in [7, 11) is 0. The second-order valence-electron chi connectivity index (χ2n) is 6.92. The minimum Gasteiger partial charge on any atom is -0.381 e. The van der Waals surface area contributed by atoms with Gasteiger partial charge in [0.25, 0.3) is 0 Å². The van der Waals surface area contributed by atoms with Crippen LogP contribution in [0.25, 0.3) is 0 Å². The maximum atomic E-state index is 5.69. The fraction of sp³-hybridized carbons (Fsp3) is 0.700. The molecule has 1 aromatic carbocycles. The molecule has 0 unspecified atom stereocenters. The summed E-state index contributed by atoms with van der Waals surface area (Å²) in [5, 5.41) is 0.865. The zero-order valence-electron chi connectivity index (χ0n) is 14.4. The van der Waals surface area contributed by atoms with Crippen molar-refractivity contribution in [2.45, 2.75) is 75.4 Å². The van der Waals surface area contributed by atoms with Crippen LogP contribution in [0, 0.1) is 5.92 Å². The molecule has 1 saturated carbocycles. The van der Waals surface area contributed by atoms with Crippen LogP contribution >= 0.6 is 11.8 Å². The van der Waals surface area contributed by atoms with Gasteiger partial charge in [-0.3, -0.25) is 0 Å². The average Bonchev–Trinajstić information content (AvgIpc) is 2.99. The van der Waals surface area contributed by atoms with Gasteiger partial charge in [0.15, 0.2) is 0 Å². The third-order valence-electron chi connectivity index (χ3n) is 4.35. The first kappa shape index (κ1) is 17.9. The molecule has 2 heteroatoms. The van der Waals surface area contributed by atoms with E-state index in [2.05, 4.69) is 49.9 Å². The van der Waals surface area contributed by atoms with E-state index in [1.54, 1.807) is 0 Å². The predicted molar refractivity (Wildman–Crippen MR) is 97.8 cm³/mol. The second-order valence-corrected chi connectivity index (χ2v) is 8.30. The molecule has 0 atom stereocenters. The summed E-state index contributed by atoms with van der Waals surface area (Å²) in [6.45, 7) is 6.34. The van der Waals surface area contributed by atoms with Gasteiger partial charge in [-0.05, 0) is 62.1 Å². The summed E-state index contributed by atoms with van der Waals surface area (Å²) in [6.07, 6.45) is 10.4. The van der Waals surface area contributed by atoms with E-state index in [0.29, 0.717) is 0 Å². The number of benzene rings is 1. The molecule has 22 heavy (non-hydrogen) atoms. The lowest BCUT2D eigenvalue weighted by atomic mass is 10.1. The first-order chi connectivity index (χ1) is 10.7. The number of unbranched alkanes of at least 4 members (excludes halogenated alkanes) is 1. The summed E-state index contributed by atoms with van der Waals surface area (Å²) in [5.41, 5.74) is 1.49. The van der Waals surface area contributed by atoms with Crippen molar-refractivity contribution >= 4 is 11.8 Å². The Hall–Kier alpha value is -0.470. The number of hydrogen-bond acceptors (Lipinski definition) is 2. The lowest BCUT2D eigenvalue weighted by Crippen LogP contribution is -2.01. The van der Waals surface area contributed by atoms with Gasteiger partial charge in [0.1, 0.15) is 0 Å². The van der Waals surface area contributed by atoms with Crippen LogP contribution in [0.5, 0.6) is 0 Å². The van der Waals surface area contributed by atoms with Gasteiger partial charge >= 0.3 is 0 Å². The summed E-state index contributed by atoms with van der Waals surface area (Å²) in [5.74, 6) is 0.750. The van der Waals surface area contributed by atoms with Crippen LogP contribution in [0.4, 0.5) is 0 Å². The Morgan fingerprint density at radius 1 is 1.14 bits per heavy atom. The van der Waals surface area contributed by atoms with Crippen LogP contribution in [0.3, 0.4) is 0 Å². The molecule has 0 saturated heterocycles. The molecule has 0 spiro atoms. The molecular weight excluding hydrogens is 288 g/mol. The molecule has 0 N–H and O–H groups in total. The summed E-state index contributed by atoms with van der Waals surface area (Å²) >= 11 is 2.09. The van der Waals surface area contributed by atoms with E-state index < -0.39 is 0 Å². The molecule has 0 radical (unpaired) electrons. The highest BCUT2D eigenvalue weighted by Gasteiger charge is 2.15. The van der Waals surface area contributed by atoms with Crippen molar-refractivity contribution in [1.82, 2.24) is 0 Å². The normalized spacial score (nSPS) is 15.8. The van der Waals surface area contributed by atoms with Crippen molar-refractivity contribution in [3.63, 3.8) is 0 Å². The van der Waals surface area contributed by atoms with Crippen LogP contribution in [-0.4, -0.2) is 18.5 Å². The third-order valence-corrected chi connectivity index (χ3v) is 5.68. The molecule has 0 aliphatic heterocycles. The molecule has 2 rings (SSSR count). The van der Waals surface area contributed by atoms with E-state index in [4.69, 9.17) is 4.74 Å². The number of rotatable bonds is 10. The van der Waals surface area contributed by atoms with Crippen LogP contribution in [0.15, 0.2) is 29.2 Å². The molecule has 124 valence electrons. The lowest BCUT2D eigenvalue weighted by Gasteiger charge is -2.10. The van der Waals surface area contributed by atoms with E-state index in [9.17, 15) is 0 Å². The second kappa shape index (κ2) is 10.3. The minimum atomic E-state index is 0.750. The fourth-order valence-corrected chi connectivity index (χ4v) is 4.26. The molecular formula is C20H32OS. The molecule has 1 aromatic rings. The van der Waals surface area contributed by atoms with E-state index in [1.807, 2.05) is 0 Å². The maximum Gasteiger partial charge on any atom is 0.0468 e. The first-order valence-corrected chi connectivity index (χ1v) is 9.95. The van der Waals surface area contributed by atoms with Crippen molar-refractivity contribution in [3.8, 4) is 0 Å². The number of aryl methyl sites for hydroxylation is 1. The molecule has 1 aliphatic rings. The van der Waals surface area contributed by atoms with Crippen molar-refractivity contribution in [3.05, 3.63) is 29.8 Å². The third kappa shape index (κ3) is 7.19. The summed E-state index contributed by atoms with van der Waals surface area (Å²) < 4.78 is 5.69. The Labute approximate surface area is 141 Å². The van der Waals surface area contributed by atoms with Gasteiger partial charge in [0.05, 0.1) is 0 Å². The molecule has 0 amide bonds. The topological polar surface area (TPSA) is 9.23 Å². The monoisotopic (exact) mass is 320 g/mol. The van der Waals surface area contributed by atoms with E-state index in [0.717, 1.165) is 24.4 Å². The Bertz CT molecular complexity index is 410. The van der Waals surface area contributed by atoms with Gasteiger partial charge < -0.3 is 4.74 Å². The van der Waals surface area contributed by atoms with Crippen molar-refractivity contribution in [1.29, 1.82) is 0 Å². The molecule has 0 heterocycles. The van der Waals surface area contributed by atoms with Crippen molar-refractivity contribution in [2.75, 3.05) is 13.2 Å². The molecule has 0 bridgehead atoms. The van der Waals surface area contributed by atoms with Gasteiger partial charge in [0, 0.05) is 23.4 Å². The SMILES string of the molecule is CC(C)CCOCCCCc1cccc(SC2CCCC2)c1. The highest BCUT2D eigenvalue weighted by atomic mass is 32.2. The molecule has 0 aromatic heterocycles. The smallest absolute Gasteiger partial charge is 0.0468 e. The standard InChI is InChI=1S/C20H32OS/c1-17(2)13-15-21-14-6-5-8-18-9-7-12-20(16-18)22-19-10-3-4-11-19/h7,9,12,16-17,19H,3-6,8,10-11,13-15H2,1-2H3. The number of ether oxygens (including phenoxy) is 1. The number of thioether (sulfide) groups is 1. The van der Waals surface area contributed by atoms with Crippen molar-refractivity contribution < 1.29 is 4.74 Å². The van der Waals surface area contributed by atoms with Gasteiger partial charge in [0.2, 0.25) is 0 Å². The average molecular weight is 321 g/mol. The summed E-state index contributed by atoms with van der Waals surface area (Å²) in [6, 6.07) is 9.19. The molecule has 1 aliphatic carbocycles. The highest BCUT2D eigenvalue weighted by Crippen LogP contribution is 2.34. The van der Waals surface area contributed by atoms with Gasteiger partial charge in [-0.2, -0.15) is 0 Å². The lowest BCUT2D eigenvalue weighted by molar-refractivity contribution is 0.120. The summed E-state index contributed by atoms with van der Waals surface area (Å²) in [4.78, 5) is 1.47. The molecule has 1 nitrogen and oxygen atoms in total. The highest BCUT2D eigenvalue weighted by molar-refractivity contribution is 8.00. The van der Waals surface area contributed by atoms with E-state index in [1.165, 1.54) is 61.8 Å². The fourth-order valence-electron chi connectivity index (χ4n) is 2.93. The zero-order chi connectivity index (χ0) is 15.6. The predicted octanol–water partition coefficient (Wildman–Crippen LogP) is 6.11. The van der Waals surface area contributed by atoms with Crippen LogP contribution in [-0.2, 0) is 11.2 Å². The van der Waals surface area contributed by atoms with Crippen LogP contribution < -0.4 is 0 Å². The Morgan fingerprint density at radius 2 is 1.95 bits per heavy atom. The number of hydrogen-bond donors (Lipinski definition) is 0. The Balaban J connectivity index is 1.61.